The summed E-state index contributed by atoms with van der Waals surface area (Å²) in [5, 5.41) is 8.43. The summed E-state index contributed by atoms with van der Waals surface area (Å²) in [5.41, 5.74) is 4.81. The van der Waals surface area contributed by atoms with E-state index in [0.29, 0.717) is 6.07 Å². The summed E-state index contributed by atoms with van der Waals surface area (Å²) in [7, 11) is 0. The van der Waals surface area contributed by atoms with Crippen LogP contribution in [0.4, 0.5) is 13.2 Å². The van der Waals surface area contributed by atoms with E-state index in [4.69, 9.17) is 10.8 Å². The highest BCUT2D eigenvalue weighted by atomic mass is 79.9. The normalized spacial score (nSPS) is 12.5. The van der Waals surface area contributed by atoms with Crippen molar-refractivity contribution in [2.45, 2.75) is 18.9 Å². The Kier molecular flexibility index (Phi) is 4.53. The summed E-state index contributed by atoms with van der Waals surface area (Å²) in [4.78, 5) is 10.3. The zero-order valence-electron chi connectivity index (χ0n) is 8.51. The van der Waals surface area contributed by atoms with Crippen LogP contribution in [0.15, 0.2) is 10.5 Å². The Bertz CT molecular complexity index is 427. The Morgan fingerprint density at radius 1 is 1.41 bits per heavy atom. The van der Waals surface area contributed by atoms with Gasteiger partial charge in [-0.25, -0.2) is 13.2 Å². The Balaban J connectivity index is 3.07. The molecule has 17 heavy (non-hydrogen) atoms. The molecule has 3 N–H and O–H groups in total. The molecule has 0 fully saturated rings. The number of benzene rings is 1. The van der Waals surface area contributed by atoms with Gasteiger partial charge in [0.2, 0.25) is 0 Å². The van der Waals surface area contributed by atoms with Crippen molar-refractivity contribution >= 4 is 21.9 Å². The average Bonchev–Trinajstić information content (AvgIpc) is 2.24. The fourth-order valence-corrected chi connectivity index (χ4v) is 1.76. The zero-order valence-corrected chi connectivity index (χ0v) is 10.1. The molecule has 0 amide bonds. The summed E-state index contributed by atoms with van der Waals surface area (Å²) in [6.07, 6.45) is -0.534. The first-order chi connectivity index (χ1) is 7.84. The third-order valence-corrected chi connectivity index (χ3v) is 2.76. The van der Waals surface area contributed by atoms with Crippen molar-refractivity contribution in [1.29, 1.82) is 0 Å². The lowest BCUT2D eigenvalue weighted by Crippen LogP contribution is -2.17. The van der Waals surface area contributed by atoms with E-state index in [9.17, 15) is 18.0 Å². The Morgan fingerprint density at radius 2 is 2.00 bits per heavy atom. The summed E-state index contributed by atoms with van der Waals surface area (Å²) in [5.74, 6) is -4.78. The lowest BCUT2D eigenvalue weighted by Gasteiger charge is -2.14. The van der Waals surface area contributed by atoms with Crippen LogP contribution in [0.2, 0.25) is 0 Å². The van der Waals surface area contributed by atoms with Crippen molar-refractivity contribution in [1.82, 2.24) is 0 Å². The van der Waals surface area contributed by atoms with E-state index >= 15 is 0 Å². The van der Waals surface area contributed by atoms with Crippen LogP contribution in [0.1, 0.15) is 24.4 Å². The topological polar surface area (TPSA) is 63.3 Å². The van der Waals surface area contributed by atoms with E-state index in [2.05, 4.69) is 15.9 Å². The maximum Gasteiger partial charge on any atom is 0.303 e. The van der Waals surface area contributed by atoms with Gasteiger partial charge in [0.1, 0.15) is 5.82 Å². The molecule has 0 aliphatic heterocycles. The first-order valence-corrected chi connectivity index (χ1v) is 5.44. The van der Waals surface area contributed by atoms with Crippen LogP contribution in [0.25, 0.3) is 0 Å². The van der Waals surface area contributed by atoms with Crippen LogP contribution >= 0.6 is 15.9 Å². The van der Waals surface area contributed by atoms with Gasteiger partial charge < -0.3 is 10.8 Å². The molecule has 0 aromatic heterocycles. The number of nitrogens with two attached hydrogens (primary N) is 1. The predicted molar refractivity (Wildman–Crippen MR) is 57.8 cm³/mol. The van der Waals surface area contributed by atoms with Gasteiger partial charge >= 0.3 is 5.97 Å². The van der Waals surface area contributed by atoms with E-state index in [0.717, 1.165) is 0 Å². The number of hydrogen-bond donors (Lipinski definition) is 2. The maximum absolute atomic E-state index is 13.5. The lowest BCUT2D eigenvalue weighted by atomic mass is 10.0. The minimum absolute atomic E-state index is 0.181. The van der Waals surface area contributed by atoms with Gasteiger partial charge in [0.05, 0.1) is 4.47 Å². The minimum atomic E-state index is -1.39. The van der Waals surface area contributed by atoms with Gasteiger partial charge in [-0.3, -0.25) is 4.79 Å². The number of carbonyl (C=O) groups is 1. The molecular formula is C10H9BrF3NO2. The largest absolute Gasteiger partial charge is 0.481 e. The Hall–Kier alpha value is -1.08. The molecule has 0 heterocycles. The Morgan fingerprint density at radius 3 is 2.53 bits per heavy atom. The van der Waals surface area contributed by atoms with Crippen LogP contribution in [0.3, 0.4) is 0 Å². The van der Waals surface area contributed by atoms with E-state index in [1.807, 2.05) is 0 Å². The number of hydrogen-bond acceptors (Lipinski definition) is 2. The number of carboxylic acids is 1. The van der Waals surface area contributed by atoms with E-state index in [1.54, 1.807) is 0 Å². The van der Waals surface area contributed by atoms with Crippen molar-refractivity contribution in [3.8, 4) is 0 Å². The number of carboxylic acid groups (broad SMARTS) is 1. The van der Waals surface area contributed by atoms with E-state index < -0.39 is 35.0 Å². The maximum atomic E-state index is 13.5. The fraction of sp³-hybridized carbons (Fsp3) is 0.300. The smallest absolute Gasteiger partial charge is 0.303 e. The van der Waals surface area contributed by atoms with Crippen LogP contribution < -0.4 is 5.73 Å². The van der Waals surface area contributed by atoms with Crippen LogP contribution in [-0.4, -0.2) is 11.1 Å². The first-order valence-electron chi connectivity index (χ1n) is 4.64. The van der Waals surface area contributed by atoms with Crippen LogP contribution in [0.5, 0.6) is 0 Å². The van der Waals surface area contributed by atoms with Crippen molar-refractivity contribution < 1.29 is 23.1 Å². The lowest BCUT2D eigenvalue weighted by molar-refractivity contribution is -0.137. The van der Waals surface area contributed by atoms with Crippen molar-refractivity contribution in [3.05, 3.63) is 33.6 Å². The van der Waals surface area contributed by atoms with Crippen molar-refractivity contribution in [2.24, 2.45) is 5.73 Å². The highest BCUT2D eigenvalue weighted by Crippen LogP contribution is 2.29. The second kappa shape index (κ2) is 5.50. The summed E-state index contributed by atoms with van der Waals surface area (Å²) in [6.45, 7) is 0. The molecule has 0 bridgehead atoms. The van der Waals surface area contributed by atoms with Crippen LogP contribution in [0, 0.1) is 17.5 Å². The Labute approximate surface area is 104 Å². The van der Waals surface area contributed by atoms with Crippen molar-refractivity contribution in [3.63, 3.8) is 0 Å². The molecule has 1 aromatic carbocycles. The number of halogens is 4. The molecule has 7 heteroatoms. The van der Waals surface area contributed by atoms with Gasteiger partial charge in [0, 0.05) is 18.0 Å². The molecule has 0 saturated carbocycles. The molecule has 0 saturated heterocycles. The quantitative estimate of drug-likeness (QED) is 0.840. The highest BCUT2D eigenvalue weighted by Gasteiger charge is 2.23. The van der Waals surface area contributed by atoms with Gasteiger partial charge in [0.15, 0.2) is 11.6 Å². The van der Waals surface area contributed by atoms with Crippen LogP contribution in [-0.2, 0) is 4.79 Å². The first kappa shape index (κ1) is 14.0. The van der Waals surface area contributed by atoms with Gasteiger partial charge in [-0.1, -0.05) is 0 Å². The average molecular weight is 312 g/mol. The SMILES string of the molecule is NC(CCC(=O)O)c1c(F)c(F)cc(Br)c1F. The van der Waals surface area contributed by atoms with Gasteiger partial charge in [0.25, 0.3) is 0 Å². The van der Waals surface area contributed by atoms with E-state index in [1.165, 1.54) is 0 Å². The summed E-state index contributed by atoms with van der Waals surface area (Å²) >= 11 is 2.73. The second-order valence-corrected chi connectivity index (χ2v) is 4.28. The molecule has 1 aromatic rings. The van der Waals surface area contributed by atoms with E-state index in [-0.39, 0.29) is 17.3 Å². The molecule has 1 unspecified atom stereocenters. The molecule has 0 aliphatic carbocycles. The second-order valence-electron chi connectivity index (χ2n) is 3.42. The molecule has 1 rings (SSSR count). The molecule has 1 atom stereocenters. The number of aliphatic carboxylic acids is 1. The molecule has 0 spiro atoms. The summed E-state index contributed by atoms with van der Waals surface area (Å²) < 4.78 is 39.7. The number of rotatable bonds is 4. The fourth-order valence-electron chi connectivity index (χ4n) is 1.34. The molecule has 0 aliphatic rings. The predicted octanol–water partition coefficient (Wildman–Crippen LogP) is 2.73. The molecule has 3 nitrogen and oxygen atoms in total. The standard InChI is InChI=1S/C10H9BrF3NO2/c11-4-3-5(12)10(14)8(9(4)13)6(15)1-2-7(16)17/h3,6H,1-2,15H2,(H,16,17). The summed E-state index contributed by atoms with van der Waals surface area (Å²) in [6, 6.07) is -0.559. The van der Waals surface area contributed by atoms with Crippen molar-refractivity contribution in [2.75, 3.05) is 0 Å². The monoisotopic (exact) mass is 311 g/mol. The molecular weight excluding hydrogens is 303 g/mol. The minimum Gasteiger partial charge on any atom is -0.481 e. The third-order valence-electron chi connectivity index (χ3n) is 2.19. The zero-order chi connectivity index (χ0) is 13.2. The third kappa shape index (κ3) is 3.19. The van der Waals surface area contributed by atoms with Gasteiger partial charge in [-0.05, 0) is 28.4 Å². The highest BCUT2D eigenvalue weighted by molar-refractivity contribution is 9.10. The molecule has 0 radical (unpaired) electrons. The van der Waals surface area contributed by atoms with Gasteiger partial charge in [-0.15, -0.1) is 0 Å². The molecule has 94 valence electrons. The van der Waals surface area contributed by atoms with Gasteiger partial charge in [-0.2, -0.15) is 0 Å².